The van der Waals surface area contributed by atoms with E-state index in [1.165, 1.54) is 38.5 Å². The molecule has 0 aromatic carbocycles. The molecule has 0 aromatic rings. The van der Waals surface area contributed by atoms with Gasteiger partial charge >= 0.3 is 9.15 Å². The minimum absolute atomic E-state index is 0.508. The molecule has 3 nitrogen and oxygen atoms in total. The average molecular weight is 254 g/mol. The van der Waals surface area contributed by atoms with E-state index in [0.717, 1.165) is 12.8 Å². The van der Waals surface area contributed by atoms with Crippen molar-refractivity contribution < 1.29 is 13.0 Å². The highest BCUT2D eigenvalue weighted by molar-refractivity contribution is 8.69. The first-order valence-corrected chi connectivity index (χ1v) is 8.62. The third-order valence-corrected chi connectivity index (χ3v) is 4.38. The molecular weight excluding hydrogens is 232 g/mol. The van der Waals surface area contributed by atoms with Crippen LogP contribution in [0.2, 0.25) is 0 Å². The fourth-order valence-corrected chi connectivity index (χ4v) is 2.92. The van der Waals surface area contributed by atoms with E-state index >= 15 is 0 Å². The molecule has 0 rings (SSSR count). The Bertz CT molecular complexity index is 225. The first-order valence-electron chi connectivity index (χ1n) is 5.68. The van der Waals surface area contributed by atoms with Crippen LogP contribution in [0.3, 0.4) is 0 Å². The molecule has 0 aromatic heterocycles. The molecule has 0 radical (unpaired) electrons. The zero-order valence-electron chi connectivity index (χ0n) is 9.44. The quantitative estimate of drug-likeness (QED) is 0.367. The molecule has 0 unspecified atom stereocenters. The van der Waals surface area contributed by atoms with Crippen LogP contribution < -0.4 is 0 Å². The molecule has 0 spiro atoms. The topological polar surface area (TPSA) is 54.4 Å². The van der Waals surface area contributed by atoms with Crippen LogP contribution in [0.15, 0.2) is 0 Å². The Morgan fingerprint density at radius 1 is 0.933 bits per heavy atom. The van der Waals surface area contributed by atoms with E-state index in [0.29, 0.717) is 16.5 Å². The van der Waals surface area contributed by atoms with Crippen LogP contribution in [0.1, 0.15) is 58.3 Å². The summed E-state index contributed by atoms with van der Waals surface area (Å²) in [6, 6.07) is 0. The van der Waals surface area contributed by atoms with E-state index in [-0.39, 0.29) is 0 Å². The Morgan fingerprint density at radius 3 is 1.87 bits per heavy atom. The van der Waals surface area contributed by atoms with Crippen molar-refractivity contribution in [3.63, 3.8) is 0 Å². The van der Waals surface area contributed by atoms with Crippen molar-refractivity contribution >= 4 is 19.9 Å². The molecule has 0 aliphatic rings. The van der Waals surface area contributed by atoms with E-state index in [9.17, 15) is 8.42 Å². The number of hydrogen-bond acceptors (Lipinski definition) is 3. The van der Waals surface area contributed by atoms with E-state index < -0.39 is 9.15 Å². The van der Waals surface area contributed by atoms with Gasteiger partial charge in [0.15, 0.2) is 0 Å². The minimum atomic E-state index is -3.81. The van der Waals surface area contributed by atoms with Crippen LogP contribution in [0, 0.1) is 0 Å². The smallest absolute Gasteiger partial charge is 0.277 e. The van der Waals surface area contributed by atoms with Gasteiger partial charge in [-0.3, -0.25) is 4.55 Å². The maximum absolute atomic E-state index is 10.4. The van der Waals surface area contributed by atoms with Crippen LogP contribution >= 0.6 is 10.8 Å². The Kier molecular flexibility index (Phi) is 9.65. The van der Waals surface area contributed by atoms with Gasteiger partial charge in [0.05, 0.1) is 0 Å². The lowest BCUT2D eigenvalue weighted by molar-refractivity contribution is 0.503. The molecule has 1 N–H and O–H groups in total. The van der Waals surface area contributed by atoms with Gasteiger partial charge < -0.3 is 0 Å². The summed E-state index contributed by atoms with van der Waals surface area (Å²) in [6.45, 7) is 2.20. The predicted molar refractivity (Wildman–Crippen MR) is 66.6 cm³/mol. The van der Waals surface area contributed by atoms with Crippen LogP contribution in [0.4, 0.5) is 0 Å². The first-order chi connectivity index (χ1) is 7.06. The summed E-state index contributed by atoms with van der Waals surface area (Å²) in [6.07, 6.45) is 9.55. The molecule has 92 valence electrons. The molecule has 0 saturated heterocycles. The molecule has 0 aliphatic carbocycles. The average Bonchev–Trinajstić information content (AvgIpc) is 2.14. The van der Waals surface area contributed by atoms with Crippen LogP contribution in [-0.4, -0.2) is 18.7 Å². The van der Waals surface area contributed by atoms with Gasteiger partial charge in [0.2, 0.25) is 0 Å². The van der Waals surface area contributed by atoms with Gasteiger partial charge in [0.25, 0.3) is 0 Å². The normalized spacial score (nSPS) is 11.9. The largest absolute Gasteiger partial charge is 0.319 e. The maximum atomic E-state index is 10.4. The molecule has 0 aliphatic heterocycles. The fraction of sp³-hybridized carbons (Fsp3) is 1.00. The Balaban J connectivity index is 3.06. The third-order valence-electron chi connectivity index (χ3n) is 2.23. The second kappa shape index (κ2) is 9.48. The van der Waals surface area contributed by atoms with E-state index in [1.807, 2.05) is 0 Å². The van der Waals surface area contributed by atoms with Crippen molar-refractivity contribution in [2.75, 3.05) is 5.75 Å². The SMILES string of the molecule is CCCCCCCCCCSS(=O)(=O)O. The summed E-state index contributed by atoms with van der Waals surface area (Å²) < 4.78 is 29.2. The molecule has 0 fully saturated rings. The highest BCUT2D eigenvalue weighted by Crippen LogP contribution is 2.14. The van der Waals surface area contributed by atoms with E-state index in [2.05, 4.69) is 6.92 Å². The lowest BCUT2D eigenvalue weighted by Gasteiger charge is -2.00. The van der Waals surface area contributed by atoms with Gasteiger partial charge in [0.1, 0.15) is 0 Å². The van der Waals surface area contributed by atoms with Crippen molar-refractivity contribution in [2.45, 2.75) is 58.3 Å². The summed E-state index contributed by atoms with van der Waals surface area (Å²) in [4.78, 5) is 0. The van der Waals surface area contributed by atoms with Crippen molar-refractivity contribution in [3.8, 4) is 0 Å². The number of hydrogen-bond donors (Lipinski definition) is 1. The molecular formula is C10H22O3S2. The van der Waals surface area contributed by atoms with Crippen molar-refractivity contribution in [3.05, 3.63) is 0 Å². The van der Waals surface area contributed by atoms with Gasteiger partial charge in [0, 0.05) is 5.75 Å². The summed E-state index contributed by atoms with van der Waals surface area (Å²) in [7, 11) is -3.18. The lowest BCUT2D eigenvalue weighted by Crippen LogP contribution is -1.92. The number of unbranched alkanes of at least 4 members (excludes halogenated alkanes) is 7. The third kappa shape index (κ3) is 14.3. The van der Waals surface area contributed by atoms with Crippen LogP contribution in [-0.2, 0) is 9.15 Å². The highest BCUT2D eigenvalue weighted by atomic mass is 33.1. The second-order valence-corrected chi connectivity index (χ2v) is 7.19. The van der Waals surface area contributed by atoms with Crippen molar-refractivity contribution in [1.82, 2.24) is 0 Å². The van der Waals surface area contributed by atoms with Crippen LogP contribution in [0.5, 0.6) is 0 Å². The van der Waals surface area contributed by atoms with E-state index in [4.69, 9.17) is 4.55 Å². The molecule has 0 bridgehead atoms. The standard InChI is InChI=1S/C10H22O3S2/c1-2-3-4-5-6-7-8-9-10-14-15(11,12)13/h2-10H2,1H3,(H,11,12,13). The lowest BCUT2D eigenvalue weighted by atomic mass is 10.1. The summed E-state index contributed by atoms with van der Waals surface area (Å²) in [5.41, 5.74) is 0. The van der Waals surface area contributed by atoms with Gasteiger partial charge in [-0.1, -0.05) is 51.9 Å². The van der Waals surface area contributed by atoms with Gasteiger partial charge in [-0.2, -0.15) is 8.42 Å². The van der Waals surface area contributed by atoms with E-state index in [1.54, 1.807) is 0 Å². The Labute approximate surface area is 97.2 Å². The van der Waals surface area contributed by atoms with Crippen molar-refractivity contribution in [1.29, 1.82) is 0 Å². The van der Waals surface area contributed by atoms with Gasteiger partial charge in [-0.05, 0) is 17.2 Å². The molecule has 0 amide bonds. The highest BCUT2D eigenvalue weighted by Gasteiger charge is 2.03. The molecule has 0 saturated carbocycles. The predicted octanol–water partition coefficient (Wildman–Crippen LogP) is 3.66. The zero-order valence-corrected chi connectivity index (χ0v) is 11.1. The fourth-order valence-electron chi connectivity index (χ4n) is 1.40. The molecule has 0 atom stereocenters. The van der Waals surface area contributed by atoms with Gasteiger partial charge in [-0.25, -0.2) is 0 Å². The summed E-state index contributed by atoms with van der Waals surface area (Å²) in [5, 5.41) is 0. The Morgan fingerprint density at radius 2 is 1.40 bits per heavy atom. The molecule has 15 heavy (non-hydrogen) atoms. The zero-order chi connectivity index (χ0) is 11.6. The molecule has 0 heterocycles. The summed E-state index contributed by atoms with van der Waals surface area (Å²) >= 11 is 0. The first kappa shape index (κ1) is 15.3. The Hall–Kier alpha value is 0.260. The summed E-state index contributed by atoms with van der Waals surface area (Å²) in [5.74, 6) is 0.508. The maximum Gasteiger partial charge on any atom is 0.319 e. The minimum Gasteiger partial charge on any atom is -0.277 e. The number of rotatable bonds is 10. The van der Waals surface area contributed by atoms with Crippen molar-refractivity contribution in [2.24, 2.45) is 0 Å². The van der Waals surface area contributed by atoms with Gasteiger partial charge in [-0.15, -0.1) is 0 Å². The monoisotopic (exact) mass is 254 g/mol. The van der Waals surface area contributed by atoms with Crippen LogP contribution in [0.25, 0.3) is 0 Å². The second-order valence-electron chi connectivity index (χ2n) is 3.72. The molecule has 5 heteroatoms.